The maximum Gasteiger partial charge on any atom is 0.326 e. The second-order valence-electron chi connectivity index (χ2n) is 4.29. The first-order valence-electron chi connectivity index (χ1n) is 6.03. The lowest BCUT2D eigenvalue weighted by atomic mass is 10.2. The van der Waals surface area contributed by atoms with Gasteiger partial charge >= 0.3 is 5.97 Å². The molecule has 0 aliphatic heterocycles. The Balaban J connectivity index is 2.64. The Morgan fingerprint density at radius 1 is 1.43 bits per heavy atom. The number of nitrogens with two attached hydrogens (primary N) is 1. The number of amides is 2. The normalized spacial score (nSPS) is 13.0. The third kappa shape index (κ3) is 5.47. The van der Waals surface area contributed by atoms with Crippen LogP contribution in [-0.4, -0.2) is 35.0 Å². The van der Waals surface area contributed by atoms with E-state index < -0.39 is 42.2 Å². The van der Waals surface area contributed by atoms with E-state index in [9.17, 15) is 18.8 Å². The second kappa shape index (κ2) is 7.22. The largest absolute Gasteiger partial charge is 0.481 e. The van der Waals surface area contributed by atoms with Gasteiger partial charge in [-0.15, -0.1) is 0 Å². The first-order valence-corrected chi connectivity index (χ1v) is 6.03. The Morgan fingerprint density at radius 3 is 2.62 bits per heavy atom. The van der Waals surface area contributed by atoms with Gasteiger partial charge in [-0.25, -0.2) is 9.18 Å². The number of carboxylic acids is 1. The topological polar surface area (TPSA) is 119 Å². The van der Waals surface area contributed by atoms with Crippen molar-refractivity contribution in [3.8, 4) is 5.75 Å². The quantitative estimate of drug-likeness (QED) is 0.656. The van der Waals surface area contributed by atoms with E-state index in [4.69, 9.17) is 15.6 Å². The molecule has 0 bridgehead atoms. The third-order valence-electron chi connectivity index (χ3n) is 2.50. The molecule has 0 aliphatic carbocycles. The van der Waals surface area contributed by atoms with Gasteiger partial charge in [-0.05, 0) is 19.1 Å². The van der Waals surface area contributed by atoms with Gasteiger partial charge in [0.05, 0.1) is 6.42 Å². The van der Waals surface area contributed by atoms with Gasteiger partial charge in [0, 0.05) is 6.07 Å². The van der Waals surface area contributed by atoms with Crippen molar-refractivity contribution >= 4 is 17.8 Å². The van der Waals surface area contributed by atoms with Crippen LogP contribution in [0, 0.1) is 5.82 Å². The molecule has 4 N–H and O–H groups in total. The molecule has 21 heavy (non-hydrogen) atoms. The maximum atomic E-state index is 13.0. The number of rotatable bonds is 7. The molecule has 8 heteroatoms. The predicted octanol–water partition coefficient (Wildman–Crippen LogP) is 0.0378. The van der Waals surface area contributed by atoms with Crippen LogP contribution in [0.2, 0.25) is 0 Å². The number of benzene rings is 1. The smallest absolute Gasteiger partial charge is 0.326 e. The summed E-state index contributed by atoms with van der Waals surface area (Å²) in [7, 11) is 0. The van der Waals surface area contributed by atoms with E-state index in [1.54, 1.807) is 0 Å². The summed E-state index contributed by atoms with van der Waals surface area (Å²) < 4.78 is 18.1. The van der Waals surface area contributed by atoms with Gasteiger partial charge in [0.25, 0.3) is 5.91 Å². The predicted molar refractivity (Wildman–Crippen MR) is 69.9 cm³/mol. The zero-order valence-corrected chi connectivity index (χ0v) is 11.2. The summed E-state index contributed by atoms with van der Waals surface area (Å²) in [5, 5.41) is 11.0. The minimum Gasteiger partial charge on any atom is -0.481 e. The average molecular weight is 298 g/mol. The standard InChI is InChI=1S/C13H15FN2O5/c1-7(21-9-4-2-3-8(14)5-9)12(18)16-10(13(19)20)6-11(15)17/h2-5,7,10H,6H2,1H3,(H2,15,17)(H,16,18)(H,19,20)/t7?,10-/m0/s1. The SMILES string of the molecule is CC(Oc1cccc(F)c1)C(=O)N[C@@H](CC(N)=O)C(=O)O. The lowest BCUT2D eigenvalue weighted by molar-refractivity contribution is -0.144. The van der Waals surface area contributed by atoms with Gasteiger partial charge in [0.1, 0.15) is 17.6 Å². The molecule has 7 nitrogen and oxygen atoms in total. The highest BCUT2D eigenvalue weighted by molar-refractivity contribution is 5.89. The molecule has 1 aromatic carbocycles. The number of carbonyl (C=O) groups excluding carboxylic acids is 2. The van der Waals surface area contributed by atoms with Crippen LogP contribution < -0.4 is 15.8 Å². The molecule has 1 rings (SSSR count). The summed E-state index contributed by atoms with van der Waals surface area (Å²) >= 11 is 0. The first-order chi connectivity index (χ1) is 9.79. The summed E-state index contributed by atoms with van der Waals surface area (Å²) in [4.78, 5) is 33.4. The molecule has 2 amide bonds. The third-order valence-corrected chi connectivity index (χ3v) is 2.50. The number of ether oxygens (including phenoxy) is 1. The summed E-state index contributed by atoms with van der Waals surface area (Å²) in [6.07, 6.45) is -1.60. The van der Waals surface area contributed by atoms with Gasteiger partial charge in [0.15, 0.2) is 6.10 Å². The van der Waals surface area contributed by atoms with E-state index in [1.807, 2.05) is 0 Å². The first kappa shape index (κ1) is 16.4. The highest BCUT2D eigenvalue weighted by Crippen LogP contribution is 2.13. The number of nitrogens with one attached hydrogen (secondary N) is 1. The number of carboxylic acid groups (broad SMARTS) is 1. The number of primary amides is 1. The lowest BCUT2D eigenvalue weighted by Crippen LogP contribution is -2.47. The van der Waals surface area contributed by atoms with Crippen molar-refractivity contribution in [2.24, 2.45) is 5.73 Å². The molecule has 0 fully saturated rings. The molecule has 0 radical (unpaired) electrons. The molecule has 1 aromatic rings. The number of halogens is 1. The van der Waals surface area contributed by atoms with Crippen LogP contribution >= 0.6 is 0 Å². The van der Waals surface area contributed by atoms with Crippen molar-refractivity contribution in [1.82, 2.24) is 5.32 Å². The van der Waals surface area contributed by atoms with Crippen molar-refractivity contribution in [3.05, 3.63) is 30.1 Å². The minimum atomic E-state index is -1.44. The van der Waals surface area contributed by atoms with Crippen LogP contribution in [-0.2, 0) is 14.4 Å². The second-order valence-corrected chi connectivity index (χ2v) is 4.29. The molecule has 2 atom stereocenters. The van der Waals surface area contributed by atoms with Gasteiger partial charge in [0.2, 0.25) is 5.91 Å². The Morgan fingerprint density at radius 2 is 2.10 bits per heavy atom. The van der Waals surface area contributed by atoms with E-state index in [-0.39, 0.29) is 5.75 Å². The zero-order valence-electron chi connectivity index (χ0n) is 11.2. The Hall–Kier alpha value is -2.64. The summed E-state index contributed by atoms with van der Waals surface area (Å²) in [6, 6.07) is 3.72. The van der Waals surface area contributed by atoms with Gasteiger partial charge < -0.3 is 20.9 Å². The summed E-state index contributed by atoms with van der Waals surface area (Å²) in [5.74, 6) is -3.41. The van der Waals surface area contributed by atoms with Crippen LogP contribution in [0.3, 0.4) is 0 Å². The number of hydrogen-bond donors (Lipinski definition) is 3. The van der Waals surface area contributed by atoms with E-state index >= 15 is 0 Å². The summed E-state index contributed by atoms with van der Waals surface area (Å²) in [5.41, 5.74) is 4.90. The number of aliphatic carboxylic acids is 1. The fourth-order valence-corrected chi connectivity index (χ4v) is 1.49. The van der Waals surface area contributed by atoms with Crippen molar-refractivity contribution in [2.45, 2.75) is 25.5 Å². The minimum absolute atomic E-state index is 0.124. The van der Waals surface area contributed by atoms with Crippen molar-refractivity contribution in [2.75, 3.05) is 0 Å². The molecule has 0 saturated heterocycles. The molecular weight excluding hydrogens is 283 g/mol. The van der Waals surface area contributed by atoms with E-state index in [2.05, 4.69) is 5.32 Å². The van der Waals surface area contributed by atoms with Crippen LogP contribution in [0.1, 0.15) is 13.3 Å². The highest BCUT2D eigenvalue weighted by atomic mass is 19.1. The van der Waals surface area contributed by atoms with Crippen LogP contribution in [0.25, 0.3) is 0 Å². The molecule has 0 aliphatic rings. The number of hydrogen-bond acceptors (Lipinski definition) is 4. The molecule has 0 aromatic heterocycles. The molecule has 114 valence electrons. The van der Waals surface area contributed by atoms with Crippen molar-refractivity contribution < 1.29 is 28.6 Å². The average Bonchev–Trinajstić information content (AvgIpc) is 2.37. The number of carbonyl (C=O) groups is 3. The summed E-state index contributed by atoms with van der Waals surface area (Å²) in [6.45, 7) is 1.36. The van der Waals surface area contributed by atoms with Gasteiger partial charge in [-0.2, -0.15) is 0 Å². The van der Waals surface area contributed by atoms with Crippen LogP contribution in [0.4, 0.5) is 4.39 Å². The molecule has 0 saturated carbocycles. The molecule has 0 heterocycles. The fourth-order valence-electron chi connectivity index (χ4n) is 1.49. The zero-order chi connectivity index (χ0) is 16.0. The van der Waals surface area contributed by atoms with Crippen LogP contribution in [0.5, 0.6) is 5.75 Å². The lowest BCUT2D eigenvalue weighted by Gasteiger charge is -2.18. The Bertz CT molecular complexity index is 549. The monoisotopic (exact) mass is 298 g/mol. The van der Waals surface area contributed by atoms with E-state index in [0.717, 1.165) is 6.07 Å². The van der Waals surface area contributed by atoms with Crippen molar-refractivity contribution in [3.63, 3.8) is 0 Å². The highest BCUT2D eigenvalue weighted by Gasteiger charge is 2.25. The van der Waals surface area contributed by atoms with E-state index in [1.165, 1.54) is 25.1 Å². The maximum absolute atomic E-state index is 13.0. The molecule has 0 spiro atoms. The fraction of sp³-hybridized carbons (Fsp3) is 0.308. The van der Waals surface area contributed by atoms with E-state index in [0.29, 0.717) is 0 Å². The molecule has 1 unspecified atom stereocenters. The van der Waals surface area contributed by atoms with Gasteiger partial charge in [-0.3, -0.25) is 9.59 Å². The van der Waals surface area contributed by atoms with Gasteiger partial charge in [-0.1, -0.05) is 6.07 Å². The van der Waals surface area contributed by atoms with Crippen LogP contribution in [0.15, 0.2) is 24.3 Å². The molecular formula is C13H15FN2O5. The Labute approximate surface area is 119 Å². The Kier molecular flexibility index (Phi) is 5.65. The van der Waals surface area contributed by atoms with Crippen molar-refractivity contribution in [1.29, 1.82) is 0 Å².